The molecule has 0 rings (SSSR count). The lowest BCUT2D eigenvalue weighted by atomic mass is 10.2. The van der Waals surface area contributed by atoms with Crippen LogP contribution in [0.5, 0.6) is 0 Å². The molecule has 0 heterocycles. The Hall–Kier alpha value is -0.160. The van der Waals surface area contributed by atoms with Crippen LogP contribution in [-0.2, 0) is 0 Å². The molecule has 74 valence electrons. The molecule has 1 unspecified atom stereocenters. The van der Waals surface area contributed by atoms with Gasteiger partial charge in [-0.15, -0.1) is 0 Å². The number of hydrogen-bond acceptors (Lipinski definition) is 4. The third kappa shape index (κ3) is 6.54. The second-order valence-corrected chi connectivity index (χ2v) is 3.03. The molecule has 0 bridgehead atoms. The molecule has 0 aromatic carbocycles. The minimum absolute atomic E-state index is 0.270. The highest BCUT2D eigenvalue weighted by molar-refractivity contribution is 4.58. The maximum Gasteiger partial charge on any atom is 0.0620 e. The van der Waals surface area contributed by atoms with E-state index >= 15 is 0 Å². The lowest BCUT2D eigenvalue weighted by Gasteiger charge is -2.18. The number of aliphatic hydroxyl groups is 1. The standard InChI is InChI=1S/C8H21N3O/c1-3-11(9)7-10-8(2)5-4-6-12/h8,10,12H,3-7,9H2,1-2H3. The number of rotatable bonds is 7. The minimum atomic E-state index is 0.270. The van der Waals surface area contributed by atoms with Crippen LogP contribution in [0.2, 0.25) is 0 Å². The van der Waals surface area contributed by atoms with E-state index in [1.807, 2.05) is 6.92 Å². The largest absolute Gasteiger partial charge is 0.396 e. The summed E-state index contributed by atoms with van der Waals surface area (Å²) in [6.07, 6.45) is 1.85. The smallest absolute Gasteiger partial charge is 0.0620 e. The van der Waals surface area contributed by atoms with Gasteiger partial charge in [-0.2, -0.15) is 0 Å². The predicted molar refractivity (Wildman–Crippen MR) is 50.4 cm³/mol. The number of nitrogens with two attached hydrogens (primary N) is 1. The van der Waals surface area contributed by atoms with Crippen molar-refractivity contribution in [3.63, 3.8) is 0 Å². The van der Waals surface area contributed by atoms with Crippen LogP contribution in [0.1, 0.15) is 26.7 Å². The second kappa shape index (κ2) is 7.49. The van der Waals surface area contributed by atoms with Crippen LogP contribution >= 0.6 is 0 Å². The SMILES string of the molecule is CCN(N)CNC(C)CCCO. The Morgan fingerprint density at radius 3 is 2.75 bits per heavy atom. The molecule has 12 heavy (non-hydrogen) atoms. The van der Waals surface area contributed by atoms with Crippen LogP contribution in [0, 0.1) is 0 Å². The Balaban J connectivity index is 3.24. The molecule has 4 nitrogen and oxygen atoms in total. The molecule has 4 N–H and O–H groups in total. The van der Waals surface area contributed by atoms with E-state index in [4.69, 9.17) is 10.9 Å². The third-order valence-corrected chi connectivity index (χ3v) is 1.84. The number of hydrazine groups is 1. The van der Waals surface area contributed by atoms with Crippen molar-refractivity contribution >= 4 is 0 Å². The Bertz CT molecular complexity index is 100. The normalized spacial score (nSPS) is 13.8. The summed E-state index contributed by atoms with van der Waals surface area (Å²) in [4.78, 5) is 0. The van der Waals surface area contributed by atoms with Gasteiger partial charge in [-0.05, 0) is 19.8 Å². The maximum atomic E-state index is 8.58. The summed E-state index contributed by atoms with van der Waals surface area (Å²) in [6.45, 7) is 5.94. The molecular formula is C8H21N3O. The lowest BCUT2D eigenvalue weighted by Crippen LogP contribution is -2.42. The second-order valence-electron chi connectivity index (χ2n) is 3.03. The molecule has 0 saturated carbocycles. The molecule has 4 heteroatoms. The Morgan fingerprint density at radius 2 is 2.25 bits per heavy atom. The monoisotopic (exact) mass is 175 g/mol. The van der Waals surface area contributed by atoms with Gasteiger partial charge in [0.2, 0.25) is 0 Å². The molecule has 0 fully saturated rings. The van der Waals surface area contributed by atoms with Crippen molar-refractivity contribution in [2.45, 2.75) is 32.7 Å². The molecule has 0 aliphatic rings. The molecule has 0 spiro atoms. The van der Waals surface area contributed by atoms with Crippen molar-refractivity contribution in [3.8, 4) is 0 Å². The van der Waals surface area contributed by atoms with E-state index in [0.717, 1.165) is 19.4 Å². The van der Waals surface area contributed by atoms with Gasteiger partial charge in [0.25, 0.3) is 0 Å². The fraction of sp³-hybridized carbons (Fsp3) is 1.00. The van der Waals surface area contributed by atoms with Crippen LogP contribution in [-0.4, -0.2) is 36.0 Å². The first-order chi connectivity index (χ1) is 5.70. The average molecular weight is 175 g/mol. The molecule has 0 aliphatic carbocycles. The van der Waals surface area contributed by atoms with Gasteiger partial charge in [0.1, 0.15) is 0 Å². The van der Waals surface area contributed by atoms with E-state index in [0.29, 0.717) is 12.7 Å². The first-order valence-corrected chi connectivity index (χ1v) is 4.54. The average Bonchev–Trinajstić information content (AvgIpc) is 2.10. The van der Waals surface area contributed by atoms with Crippen LogP contribution in [0.15, 0.2) is 0 Å². The van der Waals surface area contributed by atoms with Gasteiger partial charge in [0.05, 0.1) is 6.67 Å². The van der Waals surface area contributed by atoms with E-state index in [-0.39, 0.29) is 6.61 Å². The van der Waals surface area contributed by atoms with Gasteiger partial charge in [-0.25, -0.2) is 5.01 Å². The van der Waals surface area contributed by atoms with Crippen LogP contribution in [0.25, 0.3) is 0 Å². The zero-order valence-corrected chi connectivity index (χ0v) is 8.08. The molecular weight excluding hydrogens is 154 g/mol. The minimum Gasteiger partial charge on any atom is -0.396 e. The van der Waals surface area contributed by atoms with E-state index in [1.54, 1.807) is 5.01 Å². The van der Waals surface area contributed by atoms with Gasteiger partial charge >= 0.3 is 0 Å². The highest BCUT2D eigenvalue weighted by Gasteiger charge is 2.01. The quantitative estimate of drug-likeness (QED) is 0.287. The number of aliphatic hydroxyl groups excluding tert-OH is 1. The Labute approximate surface area is 74.7 Å². The highest BCUT2D eigenvalue weighted by Crippen LogP contribution is 1.94. The summed E-state index contributed by atoms with van der Waals surface area (Å²) >= 11 is 0. The lowest BCUT2D eigenvalue weighted by molar-refractivity contribution is 0.244. The van der Waals surface area contributed by atoms with Crippen molar-refractivity contribution < 1.29 is 5.11 Å². The first kappa shape index (κ1) is 11.8. The van der Waals surface area contributed by atoms with Crippen LogP contribution < -0.4 is 11.2 Å². The summed E-state index contributed by atoms with van der Waals surface area (Å²) in [5.74, 6) is 5.57. The number of nitrogens with one attached hydrogen (secondary N) is 1. The van der Waals surface area contributed by atoms with Crippen molar-refractivity contribution in [1.82, 2.24) is 10.3 Å². The van der Waals surface area contributed by atoms with E-state index in [9.17, 15) is 0 Å². The molecule has 0 radical (unpaired) electrons. The Kier molecular flexibility index (Phi) is 7.39. The topological polar surface area (TPSA) is 61.5 Å². The number of hydrogen-bond donors (Lipinski definition) is 3. The maximum absolute atomic E-state index is 8.58. The summed E-state index contributed by atoms with van der Waals surface area (Å²) < 4.78 is 0. The van der Waals surface area contributed by atoms with E-state index in [1.165, 1.54) is 0 Å². The van der Waals surface area contributed by atoms with Crippen molar-refractivity contribution in [2.24, 2.45) is 5.84 Å². The van der Waals surface area contributed by atoms with E-state index in [2.05, 4.69) is 12.2 Å². The first-order valence-electron chi connectivity index (χ1n) is 4.54. The van der Waals surface area contributed by atoms with Crippen LogP contribution in [0.4, 0.5) is 0 Å². The highest BCUT2D eigenvalue weighted by atomic mass is 16.2. The Morgan fingerprint density at radius 1 is 1.58 bits per heavy atom. The molecule has 0 saturated heterocycles. The van der Waals surface area contributed by atoms with E-state index < -0.39 is 0 Å². The fourth-order valence-corrected chi connectivity index (χ4v) is 0.884. The summed E-state index contributed by atoms with van der Waals surface area (Å²) in [6, 6.07) is 0.426. The third-order valence-electron chi connectivity index (χ3n) is 1.84. The molecule has 1 atom stereocenters. The van der Waals surface area contributed by atoms with Gasteiger partial charge in [-0.3, -0.25) is 5.84 Å². The summed E-state index contributed by atoms with van der Waals surface area (Å²) in [7, 11) is 0. The molecule has 0 aromatic rings. The van der Waals surface area contributed by atoms with Crippen molar-refractivity contribution in [1.29, 1.82) is 0 Å². The molecule has 0 amide bonds. The number of nitrogens with zero attached hydrogens (tertiary/aromatic N) is 1. The van der Waals surface area contributed by atoms with Gasteiger partial charge in [-0.1, -0.05) is 6.92 Å². The molecule has 0 aromatic heterocycles. The summed E-state index contributed by atoms with van der Waals surface area (Å²) in [5.41, 5.74) is 0. The molecule has 0 aliphatic heterocycles. The zero-order chi connectivity index (χ0) is 9.40. The van der Waals surface area contributed by atoms with Gasteiger partial charge in [0.15, 0.2) is 0 Å². The van der Waals surface area contributed by atoms with Crippen molar-refractivity contribution in [3.05, 3.63) is 0 Å². The van der Waals surface area contributed by atoms with Crippen molar-refractivity contribution in [2.75, 3.05) is 19.8 Å². The predicted octanol–water partition coefficient (Wildman–Crippen LogP) is -0.110. The fourth-order valence-electron chi connectivity index (χ4n) is 0.884. The zero-order valence-electron chi connectivity index (χ0n) is 8.08. The summed E-state index contributed by atoms with van der Waals surface area (Å²) in [5, 5.41) is 13.6. The van der Waals surface area contributed by atoms with Gasteiger partial charge in [0, 0.05) is 19.2 Å². The van der Waals surface area contributed by atoms with Gasteiger partial charge < -0.3 is 10.4 Å². The van der Waals surface area contributed by atoms with Crippen LogP contribution in [0.3, 0.4) is 0 Å².